The first-order chi connectivity index (χ1) is 10.5. The van der Waals surface area contributed by atoms with Gasteiger partial charge < -0.3 is 0 Å². The molecule has 0 atom stereocenters. The molecule has 0 amide bonds. The van der Waals surface area contributed by atoms with Crippen LogP contribution in [0.25, 0.3) is 0 Å². The van der Waals surface area contributed by atoms with E-state index in [9.17, 15) is 8.78 Å². The lowest BCUT2D eigenvalue weighted by Gasteiger charge is -2.11. The molecule has 0 bridgehead atoms. The number of alkyl halides is 1. The maximum Gasteiger partial charge on any atom is 0.126 e. The van der Waals surface area contributed by atoms with Gasteiger partial charge in [-0.25, -0.2) is 8.78 Å². The van der Waals surface area contributed by atoms with Crippen molar-refractivity contribution in [2.24, 2.45) is 0 Å². The molecule has 0 N–H and O–H groups in total. The number of rotatable bonds is 7. The van der Waals surface area contributed by atoms with E-state index in [1.807, 2.05) is 30.3 Å². The van der Waals surface area contributed by atoms with E-state index in [2.05, 4.69) is 22.5 Å². The monoisotopic (exact) mass is 366 g/mol. The van der Waals surface area contributed by atoms with Gasteiger partial charge in [-0.3, -0.25) is 0 Å². The molecule has 1 aromatic rings. The summed E-state index contributed by atoms with van der Waals surface area (Å²) in [6.45, 7) is 6.96. The van der Waals surface area contributed by atoms with Crippen LogP contribution in [0.4, 0.5) is 8.78 Å². The molecular formula is C19H21BrF2. The molecule has 0 saturated carbocycles. The van der Waals surface area contributed by atoms with Gasteiger partial charge in [0.05, 0.1) is 0 Å². The molecule has 0 nitrogen and oxygen atoms in total. The Hall–Kier alpha value is -1.48. The van der Waals surface area contributed by atoms with E-state index in [1.54, 1.807) is 6.92 Å². The van der Waals surface area contributed by atoms with Gasteiger partial charge in [-0.15, -0.1) is 0 Å². The molecule has 0 aliphatic carbocycles. The van der Waals surface area contributed by atoms with Crippen molar-refractivity contribution in [3.05, 3.63) is 83.0 Å². The molecule has 0 aliphatic rings. The smallest absolute Gasteiger partial charge is 0.126 e. The van der Waals surface area contributed by atoms with E-state index in [1.165, 1.54) is 24.6 Å². The van der Waals surface area contributed by atoms with Crippen LogP contribution in [0.15, 0.2) is 77.4 Å². The maximum atomic E-state index is 14.1. The Labute approximate surface area is 140 Å². The highest BCUT2D eigenvalue weighted by atomic mass is 79.9. The molecule has 0 aromatic heterocycles. The minimum atomic E-state index is -0.377. The van der Waals surface area contributed by atoms with Crippen LogP contribution in [-0.2, 0) is 6.42 Å². The molecule has 118 valence electrons. The fourth-order valence-electron chi connectivity index (χ4n) is 1.97. The second-order valence-electron chi connectivity index (χ2n) is 4.98. The summed E-state index contributed by atoms with van der Waals surface area (Å²) in [5, 5.41) is 0.335. The van der Waals surface area contributed by atoms with Crippen LogP contribution in [0.3, 0.4) is 0 Å². The average molecular weight is 367 g/mol. The Balaban J connectivity index is 2.95. The third-order valence-corrected chi connectivity index (χ3v) is 3.96. The Morgan fingerprint density at radius 3 is 2.36 bits per heavy atom. The largest absolute Gasteiger partial charge is 0.212 e. The van der Waals surface area contributed by atoms with Crippen LogP contribution in [0, 0.1) is 0 Å². The minimum Gasteiger partial charge on any atom is -0.212 e. The molecule has 1 aromatic carbocycles. The van der Waals surface area contributed by atoms with E-state index >= 15 is 0 Å². The van der Waals surface area contributed by atoms with Crippen LogP contribution >= 0.6 is 15.9 Å². The molecule has 22 heavy (non-hydrogen) atoms. The molecule has 0 spiro atoms. The number of hydrogen-bond donors (Lipinski definition) is 0. The van der Waals surface area contributed by atoms with Crippen LogP contribution in [-0.4, -0.2) is 5.33 Å². The zero-order chi connectivity index (χ0) is 16.5. The Kier molecular flexibility index (Phi) is 8.03. The van der Waals surface area contributed by atoms with Crippen molar-refractivity contribution in [2.75, 3.05) is 5.33 Å². The van der Waals surface area contributed by atoms with Gasteiger partial charge in [0, 0.05) is 10.9 Å². The first-order valence-electron chi connectivity index (χ1n) is 7.16. The molecule has 0 aliphatic heterocycles. The van der Waals surface area contributed by atoms with Gasteiger partial charge in [0.1, 0.15) is 11.7 Å². The highest BCUT2D eigenvalue weighted by Crippen LogP contribution is 2.26. The van der Waals surface area contributed by atoms with Crippen molar-refractivity contribution in [3.8, 4) is 0 Å². The van der Waals surface area contributed by atoms with Crippen molar-refractivity contribution in [1.29, 1.82) is 0 Å². The molecule has 1 rings (SSSR count). The third kappa shape index (κ3) is 5.72. The van der Waals surface area contributed by atoms with Crippen LogP contribution in [0.5, 0.6) is 0 Å². The number of allylic oxidation sites excluding steroid dienone is 7. The van der Waals surface area contributed by atoms with Crippen molar-refractivity contribution in [1.82, 2.24) is 0 Å². The summed E-state index contributed by atoms with van der Waals surface area (Å²) >= 11 is 3.23. The standard InChI is InChI=1S/C19H21BrF2/c1-4-19(22)18(12-17(13-20)15(3)21)14(2)10-11-16-8-6-5-7-9-16/h4-9,12H,2,10-11,13H2,1,3H3/b17-15-,18-12-,19-4+. The summed E-state index contributed by atoms with van der Waals surface area (Å²) in [6, 6.07) is 9.95. The second kappa shape index (κ2) is 9.52. The maximum absolute atomic E-state index is 14.1. The van der Waals surface area contributed by atoms with Crippen LogP contribution in [0.2, 0.25) is 0 Å². The van der Waals surface area contributed by atoms with E-state index in [-0.39, 0.29) is 11.7 Å². The lowest BCUT2D eigenvalue weighted by atomic mass is 9.97. The highest BCUT2D eigenvalue weighted by molar-refractivity contribution is 9.09. The fourth-order valence-corrected chi connectivity index (χ4v) is 2.52. The van der Waals surface area contributed by atoms with Crippen LogP contribution < -0.4 is 0 Å². The molecule has 0 saturated heterocycles. The number of halogens is 3. The molecule has 0 unspecified atom stereocenters. The lowest BCUT2D eigenvalue weighted by molar-refractivity contribution is 0.630. The number of hydrogen-bond acceptors (Lipinski definition) is 0. The molecule has 3 heteroatoms. The first kappa shape index (κ1) is 18.6. The fraction of sp³-hybridized carbons (Fsp3) is 0.263. The van der Waals surface area contributed by atoms with Gasteiger partial charge in [-0.1, -0.05) is 58.9 Å². The van der Waals surface area contributed by atoms with Gasteiger partial charge in [0.25, 0.3) is 0 Å². The number of aryl methyl sites for hydroxylation is 1. The summed E-state index contributed by atoms with van der Waals surface area (Å²) in [7, 11) is 0. The van der Waals surface area contributed by atoms with E-state index < -0.39 is 0 Å². The normalized spacial score (nSPS) is 13.9. The molecule has 0 radical (unpaired) electrons. The summed E-state index contributed by atoms with van der Waals surface area (Å²) in [5.41, 5.74) is 2.62. The van der Waals surface area contributed by atoms with Gasteiger partial charge in [0.15, 0.2) is 0 Å². The van der Waals surface area contributed by atoms with E-state index in [0.29, 0.717) is 28.5 Å². The zero-order valence-electron chi connectivity index (χ0n) is 13.0. The summed E-state index contributed by atoms with van der Waals surface area (Å²) in [5.74, 6) is -0.702. The van der Waals surface area contributed by atoms with Crippen molar-refractivity contribution in [2.45, 2.75) is 26.7 Å². The van der Waals surface area contributed by atoms with Crippen molar-refractivity contribution < 1.29 is 8.78 Å². The first-order valence-corrected chi connectivity index (χ1v) is 8.28. The summed E-state index contributed by atoms with van der Waals surface area (Å²) in [4.78, 5) is 0. The minimum absolute atomic E-state index is 0.325. The zero-order valence-corrected chi connectivity index (χ0v) is 14.6. The van der Waals surface area contributed by atoms with Gasteiger partial charge >= 0.3 is 0 Å². The summed E-state index contributed by atoms with van der Waals surface area (Å²) in [6.07, 6.45) is 4.31. The van der Waals surface area contributed by atoms with E-state index in [4.69, 9.17) is 0 Å². The number of benzene rings is 1. The van der Waals surface area contributed by atoms with Crippen molar-refractivity contribution >= 4 is 15.9 Å². The Morgan fingerprint density at radius 2 is 1.86 bits per heavy atom. The van der Waals surface area contributed by atoms with Crippen molar-refractivity contribution in [3.63, 3.8) is 0 Å². The molecular weight excluding hydrogens is 346 g/mol. The third-order valence-electron chi connectivity index (χ3n) is 3.35. The Morgan fingerprint density at radius 1 is 1.23 bits per heavy atom. The molecule has 0 fully saturated rings. The quantitative estimate of drug-likeness (QED) is 0.376. The topological polar surface area (TPSA) is 0 Å². The second-order valence-corrected chi connectivity index (χ2v) is 5.54. The van der Waals surface area contributed by atoms with Gasteiger partial charge in [-0.2, -0.15) is 0 Å². The van der Waals surface area contributed by atoms with Gasteiger partial charge in [-0.05, 0) is 49.5 Å². The Bertz CT molecular complexity index is 591. The van der Waals surface area contributed by atoms with Crippen LogP contribution in [0.1, 0.15) is 25.8 Å². The van der Waals surface area contributed by atoms with E-state index in [0.717, 1.165) is 6.42 Å². The SMILES string of the molecule is C=C(CCc1ccccc1)C(=C/C(CBr)=C(\C)F)/C(F)=C\C. The lowest BCUT2D eigenvalue weighted by Crippen LogP contribution is -1.96. The highest BCUT2D eigenvalue weighted by Gasteiger charge is 2.11. The van der Waals surface area contributed by atoms with Gasteiger partial charge in [0.2, 0.25) is 0 Å². The molecule has 0 heterocycles. The predicted molar refractivity (Wildman–Crippen MR) is 94.5 cm³/mol. The average Bonchev–Trinajstić information content (AvgIpc) is 2.53. The summed E-state index contributed by atoms with van der Waals surface area (Å²) < 4.78 is 27.5. The predicted octanol–water partition coefficient (Wildman–Crippen LogP) is 6.61.